The standard InChI is InChI=1S/C23H30ClN5O2/c1-3-26-23(27-15-18-5-4-6-20(13-18)31-16-22(25)30)29-11-9-28(10-12-29)21-14-19(24)8-7-17(21)2/h4-8,13-14H,3,9-12,15-16H2,1-2H3,(H2,25,30)(H,26,27). The number of carbonyl (C=O) groups excluding carboxylic acids is 1. The van der Waals surface area contributed by atoms with Crippen molar-refractivity contribution in [3.05, 3.63) is 58.6 Å². The smallest absolute Gasteiger partial charge is 0.255 e. The van der Waals surface area contributed by atoms with Crippen LogP contribution in [0.2, 0.25) is 5.02 Å². The zero-order valence-corrected chi connectivity index (χ0v) is 18.9. The number of aliphatic imine (C=N–C) groups is 1. The number of ether oxygens (including phenoxy) is 1. The Bertz CT molecular complexity index is 926. The predicted molar refractivity (Wildman–Crippen MR) is 126 cm³/mol. The quantitative estimate of drug-likeness (QED) is 0.508. The molecule has 8 heteroatoms. The van der Waals surface area contributed by atoms with Crippen LogP contribution in [0.5, 0.6) is 5.75 Å². The molecule has 0 aromatic heterocycles. The molecule has 2 aromatic carbocycles. The highest BCUT2D eigenvalue weighted by Gasteiger charge is 2.21. The van der Waals surface area contributed by atoms with Crippen LogP contribution in [0, 0.1) is 6.92 Å². The van der Waals surface area contributed by atoms with Gasteiger partial charge in [-0.1, -0.05) is 29.8 Å². The molecule has 3 rings (SSSR count). The van der Waals surface area contributed by atoms with Crippen LogP contribution in [0.4, 0.5) is 5.69 Å². The van der Waals surface area contributed by atoms with Gasteiger partial charge in [-0.25, -0.2) is 4.99 Å². The van der Waals surface area contributed by atoms with Gasteiger partial charge in [-0.2, -0.15) is 0 Å². The Morgan fingerprint density at radius 2 is 1.97 bits per heavy atom. The molecule has 2 aromatic rings. The number of rotatable bonds is 7. The fraction of sp³-hybridized carbons (Fsp3) is 0.391. The van der Waals surface area contributed by atoms with Gasteiger partial charge >= 0.3 is 0 Å². The maximum Gasteiger partial charge on any atom is 0.255 e. The Balaban J connectivity index is 1.63. The van der Waals surface area contributed by atoms with Crippen molar-refractivity contribution in [3.8, 4) is 5.75 Å². The Hall–Kier alpha value is -2.93. The van der Waals surface area contributed by atoms with Crippen LogP contribution in [-0.4, -0.2) is 56.1 Å². The summed E-state index contributed by atoms with van der Waals surface area (Å²) in [6.07, 6.45) is 0. The number of piperazine rings is 1. The second-order valence-corrected chi connectivity index (χ2v) is 7.91. The molecule has 0 aliphatic carbocycles. The third-order valence-electron chi connectivity index (χ3n) is 5.12. The number of nitrogens with zero attached hydrogens (tertiary/aromatic N) is 3. The first kappa shape index (κ1) is 22.7. The molecule has 0 spiro atoms. The zero-order valence-electron chi connectivity index (χ0n) is 18.1. The first-order valence-electron chi connectivity index (χ1n) is 10.5. The van der Waals surface area contributed by atoms with Gasteiger partial charge in [-0.05, 0) is 49.2 Å². The molecule has 1 aliphatic heterocycles. The molecule has 0 saturated carbocycles. The lowest BCUT2D eigenvalue weighted by molar-refractivity contribution is -0.119. The van der Waals surface area contributed by atoms with E-state index in [9.17, 15) is 4.79 Å². The lowest BCUT2D eigenvalue weighted by Gasteiger charge is -2.38. The van der Waals surface area contributed by atoms with E-state index in [-0.39, 0.29) is 6.61 Å². The van der Waals surface area contributed by atoms with Crippen LogP contribution >= 0.6 is 11.6 Å². The third-order valence-corrected chi connectivity index (χ3v) is 5.35. The number of halogens is 1. The largest absolute Gasteiger partial charge is 0.484 e. The molecule has 31 heavy (non-hydrogen) atoms. The molecule has 0 bridgehead atoms. The summed E-state index contributed by atoms with van der Waals surface area (Å²) < 4.78 is 5.39. The minimum absolute atomic E-state index is 0.133. The van der Waals surface area contributed by atoms with Crippen LogP contribution in [0.15, 0.2) is 47.5 Å². The molecule has 7 nitrogen and oxygen atoms in total. The molecule has 166 valence electrons. The lowest BCUT2D eigenvalue weighted by atomic mass is 10.1. The summed E-state index contributed by atoms with van der Waals surface area (Å²) in [7, 11) is 0. The summed E-state index contributed by atoms with van der Waals surface area (Å²) in [5.41, 5.74) is 8.58. The zero-order chi connectivity index (χ0) is 22.2. The fourth-order valence-electron chi connectivity index (χ4n) is 3.56. The van der Waals surface area contributed by atoms with E-state index in [4.69, 9.17) is 27.1 Å². The monoisotopic (exact) mass is 443 g/mol. The Morgan fingerprint density at radius 3 is 2.68 bits per heavy atom. The Morgan fingerprint density at radius 1 is 1.19 bits per heavy atom. The molecule has 1 saturated heterocycles. The second kappa shape index (κ2) is 10.9. The molecule has 1 aliphatic rings. The maximum absolute atomic E-state index is 10.9. The van der Waals surface area contributed by atoms with E-state index >= 15 is 0 Å². The van der Waals surface area contributed by atoms with Gasteiger partial charge < -0.3 is 25.6 Å². The number of carbonyl (C=O) groups is 1. The molecular formula is C23H30ClN5O2. The summed E-state index contributed by atoms with van der Waals surface area (Å²) in [5.74, 6) is 1.01. The van der Waals surface area contributed by atoms with Crippen molar-refractivity contribution in [1.29, 1.82) is 0 Å². The lowest BCUT2D eigenvalue weighted by Crippen LogP contribution is -2.52. The molecule has 0 atom stereocenters. The number of benzene rings is 2. The van der Waals surface area contributed by atoms with Gasteiger partial charge in [-0.3, -0.25) is 4.79 Å². The van der Waals surface area contributed by atoms with Crippen molar-refractivity contribution >= 4 is 29.2 Å². The van der Waals surface area contributed by atoms with Crippen molar-refractivity contribution in [2.75, 3.05) is 44.2 Å². The van der Waals surface area contributed by atoms with Gasteiger partial charge in [-0.15, -0.1) is 0 Å². The van der Waals surface area contributed by atoms with Crippen molar-refractivity contribution in [2.24, 2.45) is 10.7 Å². The predicted octanol–water partition coefficient (Wildman–Crippen LogP) is 2.80. The summed E-state index contributed by atoms with van der Waals surface area (Å²) in [4.78, 5) is 20.4. The Labute approximate surface area is 188 Å². The maximum atomic E-state index is 10.9. The topological polar surface area (TPSA) is 83.2 Å². The van der Waals surface area contributed by atoms with Crippen molar-refractivity contribution in [3.63, 3.8) is 0 Å². The van der Waals surface area contributed by atoms with E-state index in [1.807, 2.05) is 30.3 Å². The van der Waals surface area contributed by atoms with Crippen LogP contribution in [0.1, 0.15) is 18.1 Å². The van der Waals surface area contributed by atoms with Gasteiger partial charge in [0.15, 0.2) is 12.6 Å². The number of guanidine groups is 1. The number of hydrogen-bond acceptors (Lipinski definition) is 4. The van der Waals surface area contributed by atoms with Crippen LogP contribution < -0.4 is 20.7 Å². The van der Waals surface area contributed by atoms with E-state index < -0.39 is 5.91 Å². The minimum atomic E-state index is -0.495. The van der Waals surface area contributed by atoms with Crippen molar-refractivity contribution in [2.45, 2.75) is 20.4 Å². The van der Waals surface area contributed by atoms with Crippen molar-refractivity contribution < 1.29 is 9.53 Å². The molecule has 0 unspecified atom stereocenters. The van der Waals surface area contributed by atoms with E-state index in [0.29, 0.717) is 12.3 Å². The van der Waals surface area contributed by atoms with Gasteiger partial charge in [0.25, 0.3) is 5.91 Å². The minimum Gasteiger partial charge on any atom is -0.484 e. The number of aryl methyl sites for hydroxylation is 1. The number of nitrogens with two attached hydrogens (primary N) is 1. The second-order valence-electron chi connectivity index (χ2n) is 7.48. The highest BCUT2D eigenvalue weighted by Crippen LogP contribution is 2.25. The van der Waals surface area contributed by atoms with Gasteiger partial charge in [0.05, 0.1) is 6.54 Å². The molecule has 1 heterocycles. The Kier molecular flexibility index (Phi) is 8.00. The first-order valence-corrected chi connectivity index (χ1v) is 10.9. The highest BCUT2D eigenvalue weighted by atomic mass is 35.5. The van der Waals surface area contributed by atoms with Gasteiger partial charge in [0.1, 0.15) is 5.75 Å². The summed E-state index contributed by atoms with van der Waals surface area (Å²) in [5, 5.41) is 4.16. The van der Waals surface area contributed by atoms with Crippen LogP contribution in [0.3, 0.4) is 0 Å². The number of hydrogen-bond donors (Lipinski definition) is 2. The summed E-state index contributed by atoms with van der Waals surface area (Å²) in [6.45, 7) is 8.93. The van der Waals surface area contributed by atoms with E-state index in [2.05, 4.69) is 35.0 Å². The van der Waals surface area contributed by atoms with Gasteiger partial charge in [0, 0.05) is 43.4 Å². The van der Waals surface area contributed by atoms with E-state index in [1.54, 1.807) is 6.07 Å². The number of nitrogens with one attached hydrogen (secondary N) is 1. The van der Waals surface area contributed by atoms with Crippen LogP contribution in [-0.2, 0) is 11.3 Å². The molecular weight excluding hydrogens is 414 g/mol. The summed E-state index contributed by atoms with van der Waals surface area (Å²) in [6, 6.07) is 13.6. The highest BCUT2D eigenvalue weighted by molar-refractivity contribution is 6.30. The number of amides is 1. The molecule has 1 amide bonds. The van der Waals surface area contributed by atoms with Crippen LogP contribution in [0.25, 0.3) is 0 Å². The van der Waals surface area contributed by atoms with E-state index in [1.165, 1.54) is 11.3 Å². The normalized spacial score (nSPS) is 14.5. The molecule has 3 N–H and O–H groups in total. The third kappa shape index (κ3) is 6.52. The van der Waals surface area contributed by atoms with Crippen molar-refractivity contribution in [1.82, 2.24) is 10.2 Å². The fourth-order valence-corrected chi connectivity index (χ4v) is 3.73. The van der Waals surface area contributed by atoms with E-state index in [0.717, 1.165) is 49.3 Å². The average Bonchev–Trinajstić information content (AvgIpc) is 2.77. The molecule has 0 radical (unpaired) electrons. The molecule has 1 fully saturated rings. The average molecular weight is 444 g/mol. The SMILES string of the molecule is CCNC(=NCc1cccc(OCC(N)=O)c1)N1CCN(c2cc(Cl)ccc2C)CC1. The van der Waals surface area contributed by atoms with Gasteiger partial charge in [0.2, 0.25) is 0 Å². The first-order chi connectivity index (χ1) is 15.0. The number of primary amides is 1. The summed E-state index contributed by atoms with van der Waals surface area (Å²) >= 11 is 6.20. The number of anilines is 1.